The lowest BCUT2D eigenvalue weighted by atomic mass is 9.90. The number of aliphatic hydroxyl groups is 1. The Morgan fingerprint density at radius 3 is 2.44 bits per heavy atom. The van der Waals surface area contributed by atoms with Crippen molar-refractivity contribution in [3.05, 3.63) is 54.6 Å². The zero-order chi connectivity index (χ0) is 25.5. The van der Waals surface area contributed by atoms with E-state index in [2.05, 4.69) is 23.8 Å². The van der Waals surface area contributed by atoms with Gasteiger partial charge < -0.3 is 25.2 Å². The number of amides is 1. The fourth-order valence-corrected chi connectivity index (χ4v) is 3.66. The minimum absolute atomic E-state index is 0.0492. The van der Waals surface area contributed by atoms with Crippen LogP contribution in [-0.2, 0) is 25.2 Å². The molecule has 2 rings (SSSR count). The molecule has 1 unspecified atom stereocenters. The maximum absolute atomic E-state index is 13.3. The molecule has 0 radical (unpaired) electrons. The molecule has 12 heteroatoms. The van der Waals surface area contributed by atoms with E-state index in [9.17, 15) is 32.7 Å². The topological polar surface area (TPSA) is 114 Å². The van der Waals surface area contributed by atoms with Crippen LogP contribution in [0.1, 0.15) is 22.3 Å². The van der Waals surface area contributed by atoms with E-state index in [1.165, 1.54) is 12.2 Å². The summed E-state index contributed by atoms with van der Waals surface area (Å²) in [5.74, 6) is -4.25. The zero-order valence-corrected chi connectivity index (χ0v) is 18.7. The van der Waals surface area contributed by atoms with Crippen molar-refractivity contribution < 1.29 is 42.1 Å². The van der Waals surface area contributed by atoms with E-state index in [4.69, 9.17) is 21.7 Å². The first-order chi connectivity index (χ1) is 16.0. The van der Waals surface area contributed by atoms with Crippen LogP contribution in [-0.4, -0.2) is 53.8 Å². The van der Waals surface area contributed by atoms with E-state index >= 15 is 0 Å². The van der Waals surface area contributed by atoms with Crippen molar-refractivity contribution in [2.24, 2.45) is 11.8 Å². The van der Waals surface area contributed by atoms with Gasteiger partial charge >= 0.3 is 18.1 Å². The summed E-state index contributed by atoms with van der Waals surface area (Å²) in [5.41, 5.74) is -1.82. The lowest BCUT2D eigenvalue weighted by Crippen LogP contribution is -2.35. The van der Waals surface area contributed by atoms with Crippen LogP contribution in [0, 0.1) is 11.8 Å². The number of thiocarbonyl (C=S) groups is 1. The van der Waals surface area contributed by atoms with E-state index in [-0.39, 0.29) is 31.9 Å². The molecule has 1 aliphatic heterocycles. The Balaban J connectivity index is 2.17. The van der Waals surface area contributed by atoms with Gasteiger partial charge in [0.05, 0.1) is 17.2 Å². The van der Waals surface area contributed by atoms with Crippen molar-refractivity contribution in [3.63, 3.8) is 0 Å². The summed E-state index contributed by atoms with van der Waals surface area (Å²) in [6.45, 7) is 6.61. The Labute approximate surface area is 198 Å². The summed E-state index contributed by atoms with van der Waals surface area (Å²) < 4.78 is 49.6. The summed E-state index contributed by atoms with van der Waals surface area (Å²) >= 11 is 4.75. The molecule has 1 aromatic carbocycles. The smallest absolute Gasteiger partial charge is 0.416 e. The van der Waals surface area contributed by atoms with E-state index in [0.29, 0.717) is 12.1 Å². The van der Waals surface area contributed by atoms with Crippen LogP contribution in [0.15, 0.2) is 43.5 Å². The third kappa shape index (κ3) is 7.12. The van der Waals surface area contributed by atoms with Crippen molar-refractivity contribution in [1.82, 2.24) is 5.32 Å². The van der Waals surface area contributed by atoms with Gasteiger partial charge in [0.25, 0.3) is 0 Å². The first kappa shape index (κ1) is 27.0. The Morgan fingerprint density at radius 2 is 1.85 bits per heavy atom. The predicted octanol–water partition coefficient (Wildman–Crippen LogP) is 3.20. The quantitative estimate of drug-likeness (QED) is 0.255. The average Bonchev–Trinajstić information content (AvgIpc) is 3.24. The molecule has 3 N–H and O–H groups in total. The van der Waals surface area contributed by atoms with Crippen LogP contribution in [0.4, 0.5) is 18.9 Å². The number of halogens is 3. The summed E-state index contributed by atoms with van der Waals surface area (Å²) in [6.07, 6.45) is -2.13. The maximum Gasteiger partial charge on any atom is 0.416 e. The summed E-state index contributed by atoms with van der Waals surface area (Å²) in [4.78, 5) is 37.0. The number of carbonyl (C=O) groups is 3. The van der Waals surface area contributed by atoms with Crippen molar-refractivity contribution in [2.45, 2.75) is 18.6 Å². The number of nitrogens with one attached hydrogen (secondary N) is 2. The standard InChI is InChI=1S/C22H23F3N2O6S/c1-3-5-32-19(29)12-7-14(22(23,24)25)10-15(8-12)27-18(28)16-9-13(11-26-16)17(21(31)34)20(30)33-6-4-2/h3-4,7-8,10,13,16-17,26H,1-2,5-6,9,11H2,(H,27,28)(H,31,34)/t13-,16?,17+/m1/s1. The molecule has 184 valence electrons. The number of carbonyl (C=O) groups excluding carboxylic acids is 3. The number of hydrogen-bond donors (Lipinski definition) is 3. The second-order valence-electron chi connectivity index (χ2n) is 7.36. The van der Waals surface area contributed by atoms with Crippen LogP contribution in [0.5, 0.6) is 0 Å². The molecule has 1 amide bonds. The number of hydrogen-bond acceptors (Lipinski definition) is 7. The van der Waals surface area contributed by atoms with Gasteiger partial charge in [-0.15, -0.1) is 0 Å². The lowest BCUT2D eigenvalue weighted by molar-refractivity contribution is -0.146. The Morgan fingerprint density at radius 1 is 1.21 bits per heavy atom. The molecule has 0 saturated carbocycles. The highest BCUT2D eigenvalue weighted by atomic mass is 32.1. The molecule has 0 aromatic heterocycles. The molecule has 8 nitrogen and oxygen atoms in total. The monoisotopic (exact) mass is 500 g/mol. The van der Waals surface area contributed by atoms with Crippen LogP contribution in [0.3, 0.4) is 0 Å². The Bertz CT molecular complexity index is 982. The van der Waals surface area contributed by atoms with Gasteiger partial charge in [0.15, 0.2) is 5.05 Å². The number of rotatable bonds is 10. The lowest BCUT2D eigenvalue weighted by Gasteiger charge is -2.19. The molecule has 0 aliphatic carbocycles. The highest BCUT2D eigenvalue weighted by Gasteiger charge is 2.41. The van der Waals surface area contributed by atoms with Crippen LogP contribution < -0.4 is 10.6 Å². The molecular formula is C22H23F3N2O6S. The molecular weight excluding hydrogens is 477 g/mol. The van der Waals surface area contributed by atoms with Gasteiger partial charge in [-0.2, -0.15) is 13.2 Å². The number of aliphatic hydroxyl groups excluding tert-OH is 1. The molecule has 1 heterocycles. The first-order valence-electron chi connectivity index (χ1n) is 10.0. The normalized spacial score (nSPS) is 18.4. The Kier molecular flexibility index (Phi) is 9.33. The molecule has 1 saturated heterocycles. The van der Waals surface area contributed by atoms with Crippen LogP contribution >= 0.6 is 12.2 Å². The van der Waals surface area contributed by atoms with Crippen molar-refractivity contribution in [2.75, 3.05) is 25.1 Å². The number of ether oxygens (including phenoxy) is 2. The van der Waals surface area contributed by atoms with Gasteiger partial charge in [-0.25, -0.2) is 4.79 Å². The third-order valence-corrected chi connectivity index (χ3v) is 5.17. The van der Waals surface area contributed by atoms with Crippen molar-refractivity contribution >= 4 is 40.8 Å². The summed E-state index contributed by atoms with van der Waals surface area (Å²) in [5, 5.41) is 14.4. The molecule has 0 bridgehead atoms. The van der Waals surface area contributed by atoms with E-state index in [1.807, 2.05) is 0 Å². The molecule has 34 heavy (non-hydrogen) atoms. The number of benzene rings is 1. The van der Waals surface area contributed by atoms with E-state index < -0.39 is 58.1 Å². The van der Waals surface area contributed by atoms with Gasteiger partial charge in [-0.05, 0) is 42.8 Å². The van der Waals surface area contributed by atoms with Crippen molar-refractivity contribution in [3.8, 4) is 0 Å². The van der Waals surface area contributed by atoms with Gasteiger partial charge in [-0.3, -0.25) is 9.59 Å². The van der Waals surface area contributed by atoms with Gasteiger partial charge in [-0.1, -0.05) is 25.3 Å². The molecule has 3 atom stereocenters. The largest absolute Gasteiger partial charge is 0.501 e. The van der Waals surface area contributed by atoms with E-state index in [0.717, 1.165) is 6.07 Å². The SMILES string of the molecule is C=CCOC(=O)c1cc(NC(=O)C2C[C@@H]([C@@H](C(=O)OCC=C)C(O)=S)CN2)cc(C(F)(F)F)c1. The van der Waals surface area contributed by atoms with E-state index in [1.54, 1.807) is 0 Å². The number of anilines is 1. The average molecular weight is 500 g/mol. The summed E-state index contributed by atoms with van der Waals surface area (Å²) in [6, 6.07) is 1.46. The Hall–Kier alpha value is -3.25. The minimum Gasteiger partial charge on any atom is -0.501 e. The number of alkyl halides is 3. The van der Waals surface area contributed by atoms with Gasteiger partial charge in [0.2, 0.25) is 5.91 Å². The molecule has 1 aliphatic rings. The molecule has 1 aromatic rings. The van der Waals surface area contributed by atoms with Gasteiger partial charge in [0.1, 0.15) is 19.1 Å². The van der Waals surface area contributed by atoms with Crippen LogP contribution in [0.2, 0.25) is 0 Å². The second kappa shape index (κ2) is 11.7. The third-order valence-electron chi connectivity index (χ3n) is 4.91. The first-order valence-corrected chi connectivity index (χ1v) is 10.4. The van der Waals surface area contributed by atoms with Crippen molar-refractivity contribution in [1.29, 1.82) is 0 Å². The fourth-order valence-electron chi connectivity index (χ4n) is 3.37. The summed E-state index contributed by atoms with van der Waals surface area (Å²) in [7, 11) is 0. The zero-order valence-electron chi connectivity index (χ0n) is 17.9. The highest BCUT2D eigenvalue weighted by Crippen LogP contribution is 2.33. The maximum atomic E-state index is 13.3. The van der Waals surface area contributed by atoms with Gasteiger partial charge in [0, 0.05) is 12.2 Å². The molecule has 1 fully saturated rings. The second-order valence-corrected chi connectivity index (χ2v) is 7.78. The highest BCUT2D eigenvalue weighted by molar-refractivity contribution is 7.80. The molecule has 0 spiro atoms. The minimum atomic E-state index is -4.78. The van der Waals surface area contributed by atoms with Crippen LogP contribution in [0.25, 0.3) is 0 Å². The fraction of sp³-hybridized carbons (Fsp3) is 0.364. The predicted molar refractivity (Wildman–Crippen MR) is 120 cm³/mol. The number of esters is 2.